The maximum Gasteiger partial charge on any atom is 0.0544 e. The van der Waals surface area contributed by atoms with E-state index in [0.29, 0.717) is 0 Å². The number of nitrogens with zero attached hydrogens (tertiary/aromatic N) is 3. The predicted molar refractivity (Wildman–Crippen MR) is 208 cm³/mol. The van der Waals surface area contributed by atoms with Gasteiger partial charge in [0.25, 0.3) is 0 Å². The molecular formula is C46H33N3. The highest BCUT2D eigenvalue weighted by molar-refractivity contribution is 6.21. The standard InChI is InChI=1S/C46H33N3/c1-3-14-33(15-4-1)47(37-28-30-44-41(31-37)39-19-9-11-21-42(39)48(44)34-16-5-2-6-17-34)35-24-26-36(27-25-35)49-43-22-12-10-20-40(43)46-38-18-8-7-13-32(38)23-29-45(46)49/h1-24,26,28-31H,25,27H2. The highest BCUT2D eigenvalue weighted by Crippen LogP contribution is 2.42. The van der Waals surface area contributed by atoms with Crippen molar-refractivity contribution in [3.63, 3.8) is 0 Å². The van der Waals surface area contributed by atoms with Gasteiger partial charge in [-0.3, -0.25) is 0 Å². The van der Waals surface area contributed by atoms with Crippen molar-refractivity contribution < 1.29 is 0 Å². The third-order valence-corrected chi connectivity index (χ3v) is 10.2. The van der Waals surface area contributed by atoms with Gasteiger partial charge in [-0.15, -0.1) is 0 Å². The molecule has 0 saturated heterocycles. The number of rotatable bonds is 5. The molecule has 1 aliphatic rings. The van der Waals surface area contributed by atoms with Crippen LogP contribution in [0.1, 0.15) is 12.8 Å². The molecule has 0 N–H and O–H groups in total. The summed E-state index contributed by atoms with van der Waals surface area (Å²) in [5, 5.41) is 7.73. The van der Waals surface area contributed by atoms with Gasteiger partial charge in [-0.05, 0) is 96.4 Å². The first-order valence-electron chi connectivity index (χ1n) is 17.1. The van der Waals surface area contributed by atoms with Crippen LogP contribution < -0.4 is 4.90 Å². The van der Waals surface area contributed by atoms with Crippen LogP contribution in [0.2, 0.25) is 0 Å². The van der Waals surface area contributed by atoms with Crippen molar-refractivity contribution in [1.29, 1.82) is 0 Å². The zero-order valence-electron chi connectivity index (χ0n) is 27.0. The Morgan fingerprint density at radius 3 is 1.82 bits per heavy atom. The Bertz CT molecular complexity index is 2760. The Morgan fingerprint density at radius 1 is 0.408 bits per heavy atom. The normalized spacial score (nSPS) is 13.4. The average Bonchev–Trinajstić information content (AvgIpc) is 3.69. The quantitative estimate of drug-likeness (QED) is 0.185. The zero-order valence-corrected chi connectivity index (χ0v) is 27.0. The minimum absolute atomic E-state index is 0.923. The molecule has 7 aromatic carbocycles. The number of aromatic nitrogens is 2. The van der Waals surface area contributed by atoms with Crippen LogP contribution in [0.5, 0.6) is 0 Å². The number of benzene rings is 7. The molecule has 0 radical (unpaired) electrons. The number of allylic oxidation sites excluding steroid dienone is 4. The summed E-state index contributed by atoms with van der Waals surface area (Å²) in [6.45, 7) is 0. The van der Waals surface area contributed by atoms with Gasteiger partial charge in [0.1, 0.15) is 0 Å². The third-order valence-electron chi connectivity index (χ3n) is 10.2. The van der Waals surface area contributed by atoms with E-state index in [1.165, 1.54) is 82.8 Å². The summed E-state index contributed by atoms with van der Waals surface area (Å²) in [6, 6.07) is 59.3. The molecule has 49 heavy (non-hydrogen) atoms. The molecule has 10 rings (SSSR count). The van der Waals surface area contributed by atoms with Crippen molar-refractivity contribution >= 4 is 71.5 Å². The summed E-state index contributed by atoms with van der Waals surface area (Å²) in [7, 11) is 0. The molecule has 0 amide bonds. The highest BCUT2D eigenvalue weighted by atomic mass is 15.2. The summed E-state index contributed by atoms with van der Waals surface area (Å²) in [4.78, 5) is 2.45. The van der Waals surface area contributed by atoms with Crippen molar-refractivity contribution in [3.8, 4) is 5.69 Å². The fraction of sp³-hybridized carbons (Fsp3) is 0.0435. The second kappa shape index (κ2) is 11.1. The summed E-state index contributed by atoms with van der Waals surface area (Å²) in [5.41, 5.74) is 11.1. The Labute approximate surface area is 284 Å². The predicted octanol–water partition coefficient (Wildman–Crippen LogP) is 12.4. The van der Waals surface area contributed by atoms with Crippen LogP contribution in [0, 0.1) is 0 Å². The molecule has 0 aliphatic heterocycles. The molecule has 0 atom stereocenters. The molecule has 3 heteroatoms. The van der Waals surface area contributed by atoms with Gasteiger partial charge in [0.05, 0.1) is 22.1 Å². The first-order chi connectivity index (χ1) is 24.3. The first kappa shape index (κ1) is 27.8. The minimum atomic E-state index is 0.923. The van der Waals surface area contributed by atoms with Crippen LogP contribution in [0.25, 0.3) is 65.8 Å². The number of anilines is 2. The van der Waals surface area contributed by atoms with Gasteiger partial charge in [0.15, 0.2) is 0 Å². The van der Waals surface area contributed by atoms with Crippen molar-refractivity contribution in [3.05, 3.63) is 182 Å². The molecule has 2 heterocycles. The molecular weight excluding hydrogens is 595 g/mol. The fourth-order valence-corrected chi connectivity index (χ4v) is 8.05. The first-order valence-corrected chi connectivity index (χ1v) is 17.1. The van der Waals surface area contributed by atoms with Crippen LogP contribution >= 0.6 is 0 Å². The average molecular weight is 628 g/mol. The van der Waals surface area contributed by atoms with E-state index in [-0.39, 0.29) is 0 Å². The molecule has 0 bridgehead atoms. The minimum Gasteiger partial charge on any atom is -0.314 e. The number of hydrogen-bond donors (Lipinski definition) is 0. The maximum absolute atomic E-state index is 2.49. The molecule has 9 aromatic rings. The van der Waals surface area contributed by atoms with E-state index < -0.39 is 0 Å². The fourth-order valence-electron chi connectivity index (χ4n) is 8.05. The van der Waals surface area contributed by atoms with Gasteiger partial charge < -0.3 is 14.0 Å². The lowest BCUT2D eigenvalue weighted by Crippen LogP contribution is -2.18. The monoisotopic (exact) mass is 627 g/mol. The van der Waals surface area contributed by atoms with Gasteiger partial charge in [-0.1, -0.05) is 103 Å². The summed E-state index contributed by atoms with van der Waals surface area (Å²) in [6.07, 6.45) is 6.54. The van der Waals surface area contributed by atoms with E-state index >= 15 is 0 Å². The Morgan fingerprint density at radius 2 is 1.04 bits per heavy atom. The molecule has 3 nitrogen and oxygen atoms in total. The Kier molecular flexibility index (Phi) is 6.31. The largest absolute Gasteiger partial charge is 0.314 e. The van der Waals surface area contributed by atoms with Gasteiger partial charge in [0, 0.05) is 50.0 Å². The lowest BCUT2D eigenvalue weighted by atomic mass is 10.0. The van der Waals surface area contributed by atoms with Crippen LogP contribution in [-0.2, 0) is 0 Å². The van der Waals surface area contributed by atoms with E-state index in [1.54, 1.807) is 0 Å². The highest BCUT2D eigenvalue weighted by Gasteiger charge is 2.22. The molecule has 2 aromatic heterocycles. The van der Waals surface area contributed by atoms with Crippen LogP contribution in [0.4, 0.5) is 11.4 Å². The zero-order chi connectivity index (χ0) is 32.3. The van der Waals surface area contributed by atoms with Gasteiger partial charge >= 0.3 is 0 Å². The number of hydrogen-bond acceptors (Lipinski definition) is 1. The van der Waals surface area contributed by atoms with Crippen LogP contribution in [0.15, 0.2) is 182 Å². The molecule has 0 unspecified atom stereocenters. The Hall–Kier alpha value is -6.32. The van der Waals surface area contributed by atoms with Crippen molar-refractivity contribution in [2.45, 2.75) is 12.8 Å². The molecule has 232 valence electrons. The smallest absolute Gasteiger partial charge is 0.0544 e. The van der Waals surface area contributed by atoms with Gasteiger partial charge in [-0.25, -0.2) is 0 Å². The topological polar surface area (TPSA) is 13.1 Å². The SMILES string of the molecule is C1=C(N(c2ccccc2)c2ccc3c(c2)c2ccccc2n3-c2ccccc2)CCC(n2c3ccccc3c3c4ccccc4ccc32)=C1. The molecule has 0 fully saturated rings. The summed E-state index contributed by atoms with van der Waals surface area (Å²) in [5.74, 6) is 0. The van der Waals surface area contributed by atoms with E-state index in [1.807, 2.05) is 0 Å². The second-order valence-electron chi connectivity index (χ2n) is 12.9. The molecule has 0 saturated carbocycles. The van der Waals surface area contributed by atoms with E-state index in [0.717, 1.165) is 12.8 Å². The second-order valence-corrected chi connectivity index (χ2v) is 12.9. The lowest BCUT2D eigenvalue weighted by Gasteiger charge is -2.30. The van der Waals surface area contributed by atoms with Gasteiger partial charge in [0.2, 0.25) is 0 Å². The van der Waals surface area contributed by atoms with Crippen molar-refractivity contribution in [2.75, 3.05) is 4.90 Å². The summed E-state index contributed by atoms with van der Waals surface area (Å²) >= 11 is 0. The van der Waals surface area contributed by atoms with E-state index in [9.17, 15) is 0 Å². The summed E-state index contributed by atoms with van der Waals surface area (Å²) < 4.78 is 4.87. The molecule has 0 spiro atoms. The maximum atomic E-state index is 2.49. The third kappa shape index (κ3) is 4.36. The van der Waals surface area contributed by atoms with Crippen molar-refractivity contribution in [1.82, 2.24) is 9.13 Å². The number of fused-ring (bicyclic) bond motifs is 8. The van der Waals surface area contributed by atoms with Crippen LogP contribution in [0.3, 0.4) is 0 Å². The van der Waals surface area contributed by atoms with E-state index in [2.05, 4.69) is 190 Å². The lowest BCUT2D eigenvalue weighted by molar-refractivity contribution is 0.895. The van der Waals surface area contributed by atoms with E-state index in [4.69, 9.17) is 0 Å². The van der Waals surface area contributed by atoms with Crippen molar-refractivity contribution in [2.24, 2.45) is 0 Å². The van der Waals surface area contributed by atoms with Gasteiger partial charge in [-0.2, -0.15) is 0 Å². The molecule has 1 aliphatic carbocycles. The number of para-hydroxylation sites is 4. The Balaban J connectivity index is 1.14. The van der Waals surface area contributed by atoms with Crippen LogP contribution in [-0.4, -0.2) is 9.13 Å².